The maximum absolute atomic E-state index is 13.1. The van der Waals surface area contributed by atoms with Crippen molar-refractivity contribution in [2.45, 2.75) is 24.9 Å². The lowest BCUT2D eigenvalue weighted by molar-refractivity contribution is -0.137. The van der Waals surface area contributed by atoms with Gasteiger partial charge in [0.2, 0.25) is 11.8 Å². The largest absolute Gasteiger partial charge is 0.344 e. The van der Waals surface area contributed by atoms with Crippen molar-refractivity contribution in [1.82, 2.24) is 15.1 Å². The molecule has 0 aliphatic carbocycles. The molecule has 6 heteroatoms. The average molecular weight is 305 g/mol. The smallest absolute Gasteiger partial charge is 0.245 e. The van der Waals surface area contributed by atoms with Crippen LogP contribution in [0.25, 0.3) is 0 Å². The van der Waals surface area contributed by atoms with Gasteiger partial charge in [-0.1, -0.05) is 12.1 Å². The monoisotopic (exact) mass is 305 g/mol. The number of carbonyl (C=O) groups is 2. The Morgan fingerprint density at radius 3 is 2.64 bits per heavy atom. The number of nitrogens with one attached hydrogen (secondary N) is 1. The zero-order valence-electron chi connectivity index (χ0n) is 12.6. The molecule has 2 amide bonds. The van der Waals surface area contributed by atoms with Crippen LogP contribution in [-0.2, 0) is 9.59 Å². The number of likely N-dealkylation sites (N-methyl/N-ethyl adjacent to an activating group) is 1. The zero-order chi connectivity index (χ0) is 15.7. The van der Waals surface area contributed by atoms with Gasteiger partial charge in [-0.15, -0.1) is 0 Å². The van der Waals surface area contributed by atoms with Crippen molar-refractivity contribution in [3.63, 3.8) is 0 Å². The van der Waals surface area contributed by atoms with Crippen molar-refractivity contribution in [3.8, 4) is 0 Å². The zero-order valence-corrected chi connectivity index (χ0v) is 12.6. The Morgan fingerprint density at radius 1 is 1.27 bits per heavy atom. The normalized spacial score (nSPS) is 26.1. The molecule has 2 heterocycles. The van der Waals surface area contributed by atoms with Crippen LogP contribution in [0.3, 0.4) is 0 Å². The third kappa shape index (κ3) is 2.97. The van der Waals surface area contributed by atoms with Crippen LogP contribution < -0.4 is 5.32 Å². The second kappa shape index (κ2) is 6.04. The molecule has 2 fully saturated rings. The summed E-state index contributed by atoms with van der Waals surface area (Å²) >= 11 is 0. The number of amides is 2. The summed E-state index contributed by atoms with van der Waals surface area (Å²) in [5.41, 5.74) is 0.997. The van der Waals surface area contributed by atoms with Gasteiger partial charge in [0.05, 0.1) is 6.04 Å². The van der Waals surface area contributed by atoms with E-state index >= 15 is 0 Å². The molecule has 2 aliphatic heterocycles. The Labute approximate surface area is 129 Å². The van der Waals surface area contributed by atoms with Crippen LogP contribution in [-0.4, -0.2) is 54.3 Å². The van der Waals surface area contributed by atoms with Crippen LogP contribution in [0.2, 0.25) is 0 Å². The van der Waals surface area contributed by atoms with Crippen LogP contribution in [0.15, 0.2) is 24.3 Å². The van der Waals surface area contributed by atoms with Gasteiger partial charge in [0, 0.05) is 26.1 Å². The molecule has 1 aromatic rings. The fourth-order valence-electron chi connectivity index (χ4n) is 3.14. The van der Waals surface area contributed by atoms with Crippen molar-refractivity contribution >= 4 is 11.8 Å². The second-order valence-corrected chi connectivity index (χ2v) is 5.99. The first-order valence-electron chi connectivity index (χ1n) is 7.58. The summed E-state index contributed by atoms with van der Waals surface area (Å²) in [7, 11) is 2.01. The predicted molar refractivity (Wildman–Crippen MR) is 79.5 cm³/mol. The Morgan fingerprint density at radius 2 is 2.00 bits per heavy atom. The highest BCUT2D eigenvalue weighted by Gasteiger charge is 2.34. The number of rotatable bonds is 2. The fraction of sp³-hybridized carbons (Fsp3) is 0.500. The number of piperazine rings is 1. The van der Waals surface area contributed by atoms with Crippen molar-refractivity contribution in [1.29, 1.82) is 0 Å². The summed E-state index contributed by atoms with van der Waals surface area (Å²) in [5, 5.41) is 2.73. The lowest BCUT2D eigenvalue weighted by atomic mass is 10.0. The summed E-state index contributed by atoms with van der Waals surface area (Å²) in [6.07, 6.45) is 0.997. The molecule has 2 aliphatic rings. The van der Waals surface area contributed by atoms with Gasteiger partial charge < -0.3 is 10.2 Å². The first-order valence-corrected chi connectivity index (χ1v) is 7.58. The molecule has 0 spiro atoms. The quantitative estimate of drug-likeness (QED) is 0.884. The van der Waals surface area contributed by atoms with Crippen LogP contribution in [0, 0.1) is 5.82 Å². The van der Waals surface area contributed by atoms with E-state index in [-0.39, 0.29) is 29.7 Å². The van der Waals surface area contributed by atoms with Crippen molar-refractivity contribution < 1.29 is 14.0 Å². The molecule has 1 N–H and O–H groups in total. The van der Waals surface area contributed by atoms with Gasteiger partial charge in [-0.25, -0.2) is 4.39 Å². The van der Waals surface area contributed by atoms with Gasteiger partial charge in [-0.3, -0.25) is 14.5 Å². The molecule has 22 heavy (non-hydrogen) atoms. The molecular weight excluding hydrogens is 285 g/mol. The summed E-state index contributed by atoms with van der Waals surface area (Å²) in [6.45, 7) is 1.97. The summed E-state index contributed by atoms with van der Waals surface area (Å²) in [4.78, 5) is 27.8. The lowest BCUT2D eigenvalue weighted by Crippen LogP contribution is -2.53. The topological polar surface area (TPSA) is 52.7 Å². The van der Waals surface area contributed by atoms with Crippen LogP contribution in [0.1, 0.15) is 24.4 Å². The van der Waals surface area contributed by atoms with E-state index in [0.29, 0.717) is 25.9 Å². The molecule has 0 aromatic heterocycles. The standard InChI is InChI=1S/C16H20FN3O2/c1-19-8-9-20(16(22)13-6-7-15(21)18-13)10-14(19)11-2-4-12(17)5-3-11/h2-5,13-14H,6-10H2,1H3,(H,18,21). The van der Waals surface area contributed by atoms with Crippen LogP contribution >= 0.6 is 0 Å². The summed E-state index contributed by atoms with van der Waals surface area (Å²) in [6, 6.07) is 6.09. The first-order chi connectivity index (χ1) is 10.5. The summed E-state index contributed by atoms with van der Waals surface area (Å²) in [5.74, 6) is -0.322. The number of hydrogen-bond donors (Lipinski definition) is 1. The number of halogens is 1. The molecule has 5 nitrogen and oxygen atoms in total. The van der Waals surface area contributed by atoms with Crippen molar-refractivity contribution in [2.24, 2.45) is 0 Å². The number of benzene rings is 1. The third-order valence-corrected chi connectivity index (χ3v) is 4.51. The molecular formula is C16H20FN3O2. The van der Waals surface area contributed by atoms with Gasteiger partial charge in [0.15, 0.2) is 0 Å². The molecule has 2 unspecified atom stereocenters. The maximum atomic E-state index is 13.1. The van der Waals surface area contributed by atoms with Gasteiger partial charge in [-0.2, -0.15) is 0 Å². The molecule has 118 valence electrons. The Balaban J connectivity index is 1.71. The highest BCUT2D eigenvalue weighted by atomic mass is 19.1. The average Bonchev–Trinajstić information content (AvgIpc) is 2.95. The third-order valence-electron chi connectivity index (χ3n) is 4.51. The molecule has 0 bridgehead atoms. The SMILES string of the molecule is CN1CCN(C(=O)C2CCC(=O)N2)CC1c1ccc(F)cc1. The van der Waals surface area contributed by atoms with E-state index in [1.54, 1.807) is 12.1 Å². The number of nitrogens with zero attached hydrogens (tertiary/aromatic N) is 2. The second-order valence-electron chi connectivity index (χ2n) is 5.99. The number of carbonyl (C=O) groups excluding carboxylic acids is 2. The van der Waals surface area contributed by atoms with Crippen molar-refractivity contribution in [2.75, 3.05) is 26.7 Å². The molecule has 2 saturated heterocycles. The Hall–Kier alpha value is -1.95. The molecule has 0 radical (unpaired) electrons. The van der Waals surface area contributed by atoms with Gasteiger partial charge in [0.1, 0.15) is 11.9 Å². The highest BCUT2D eigenvalue weighted by molar-refractivity contribution is 5.90. The van der Waals surface area contributed by atoms with E-state index in [9.17, 15) is 14.0 Å². The van der Waals surface area contributed by atoms with Crippen LogP contribution in [0.4, 0.5) is 4.39 Å². The number of hydrogen-bond acceptors (Lipinski definition) is 3. The van der Waals surface area contributed by atoms with E-state index in [2.05, 4.69) is 10.2 Å². The minimum atomic E-state index is -0.384. The minimum Gasteiger partial charge on any atom is -0.344 e. The fourth-order valence-corrected chi connectivity index (χ4v) is 3.14. The van der Waals surface area contributed by atoms with E-state index in [1.807, 2.05) is 11.9 Å². The molecule has 1 aromatic carbocycles. The Kier molecular flexibility index (Phi) is 4.11. The van der Waals surface area contributed by atoms with E-state index in [0.717, 1.165) is 12.1 Å². The van der Waals surface area contributed by atoms with E-state index in [1.165, 1.54) is 12.1 Å². The van der Waals surface area contributed by atoms with Gasteiger partial charge in [-0.05, 0) is 31.2 Å². The van der Waals surface area contributed by atoms with E-state index in [4.69, 9.17) is 0 Å². The van der Waals surface area contributed by atoms with E-state index < -0.39 is 0 Å². The molecule has 3 rings (SSSR count). The van der Waals surface area contributed by atoms with Gasteiger partial charge >= 0.3 is 0 Å². The van der Waals surface area contributed by atoms with Crippen LogP contribution in [0.5, 0.6) is 0 Å². The lowest BCUT2D eigenvalue weighted by Gasteiger charge is -2.40. The molecule has 0 saturated carbocycles. The molecule has 2 atom stereocenters. The summed E-state index contributed by atoms with van der Waals surface area (Å²) < 4.78 is 13.1. The maximum Gasteiger partial charge on any atom is 0.245 e. The predicted octanol–water partition coefficient (Wildman–Crippen LogP) is 0.919. The highest BCUT2D eigenvalue weighted by Crippen LogP contribution is 2.25. The minimum absolute atomic E-state index is 0.00828. The van der Waals surface area contributed by atoms with Crippen molar-refractivity contribution in [3.05, 3.63) is 35.6 Å². The Bertz CT molecular complexity index is 575. The first kappa shape index (κ1) is 15.0. The van der Waals surface area contributed by atoms with Gasteiger partial charge in [0.25, 0.3) is 0 Å².